The third kappa shape index (κ3) is 2.96. The fraction of sp³-hybridized carbons (Fsp3) is 0.278. The molecule has 0 amide bonds. The van der Waals surface area contributed by atoms with Crippen LogP contribution < -0.4 is 0 Å². The maximum atomic E-state index is 12.2. The van der Waals surface area contributed by atoms with Crippen LogP contribution in [0.2, 0.25) is 0 Å². The van der Waals surface area contributed by atoms with E-state index in [2.05, 4.69) is 42.5 Å². The first-order valence-electron chi connectivity index (χ1n) is 7.19. The summed E-state index contributed by atoms with van der Waals surface area (Å²) < 4.78 is 0. The fourth-order valence-corrected chi connectivity index (χ4v) is 3.81. The normalized spacial score (nSPS) is 19.0. The van der Waals surface area contributed by atoms with Gasteiger partial charge in [0.15, 0.2) is 0 Å². The lowest BCUT2D eigenvalue weighted by atomic mass is 9.83. The van der Waals surface area contributed by atoms with Gasteiger partial charge in [-0.25, -0.2) is 0 Å². The van der Waals surface area contributed by atoms with E-state index in [0.717, 1.165) is 19.3 Å². The number of benzene rings is 2. The summed E-state index contributed by atoms with van der Waals surface area (Å²) in [4.78, 5) is 14.6. The molecule has 1 saturated carbocycles. The lowest BCUT2D eigenvalue weighted by molar-refractivity contribution is -0.121. The van der Waals surface area contributed by atoms with E-state index in [1.54, 1.807) is 11.8 Å². The molecule has 0 aromatic heterocycles. The van der Waals surface area contributed by atoms with Crippen molar-refractivity contribution in [1.82, 2.24) is 0 Å². The summed E-state index contributed by atoms with van der Waals surface area (Å²) in [6.45, 7) is 0. The standard InChI is InChI=1S/C18H18OS/c19-17-12-6-4-10-15(17)16-11-5-7-13-18(16)20-14-8-2-1-3-9-14/h1-3,5,7-9,11,13,15H,4,6,10,12H2. The maximum absolute atomic E-state index is 12.2. The second-order valence-electron chi connectivity index (χ2n) is 5.22. The highest BCUT2D eigenvalue weighted by molar-refractivity contribution is 7.99. The van der Waals surface area contributed by atoms with Crippen LogP contribution in [0.1, 0.15) is 37.2 Å². The highest BCUT2D eigenvalue weighted by atomic mass is 32.2. The Kier molecular flexibility index (Phi) is 4.22. The Morgan fingerprint density at radius 1 is 0.900 bits per heavy atom. The van der Waals surface area contributed by atoms with Gasteiger partial charge in [-0.3, -0.25) is 4.79 Å². The SMILES string of the molecule is O=C1CCCCC1c1ccccc1Sc1ccccc1. The number of carbonyl (C=O) groups is 1. The number of hydrogen-bond acceptors (Lipinski definition) is 2. The molecule has 0 radical (unpaired) electrons. The monoisotopic (exact) mass is 282 g/mol. The Bertz CT molecular complexity index is 591. The predicted octanol–water partition coefficient (Wildman–Crippen LogP) is 5.06. The predicted molar refractivity (Wildman–Crippen MR) is 83.2 cm³/mol. The Labute approximate surface area is 124 Å². The molecule has 0 aliphatic heterocycles. The van der Waals surface area contributed by atoms with Crippen LogP contribution in [0.15, 0.2) is 64.4 Å². The van der Waals surface area contributed by atoms with Gasteiger partial charge in [-0.05, 0) is 36.6 Å². The molecule has 102 valence electrons. The summed E-state index contributed by atoms with van der Waals surface area (Å²) in [5, 5.41) is 0. The van der Waals surface area contributed by atoms with Crippen molar-refractivity contribution in [2.45, 2.75) is 41.4 Å². The Balaban J connectivity index is 1.90. The van der Waals surface area contributed by atoms with Crippen LogP contribution in [-0.2, 0) is 4.79 Å². The molecule has 0 bridgehead atoms. The minimum absolute atomic E-state index is 0.108. The molecule has 3 rings (SSSR count). The van der Waals surface area contributed by atoms with Crippen molar-refractivity contribution < 1.29 is 4.79 Å². The smallest absolute Gasteiger partial charge is 0.140 e. The number of Topliss-reactive ketones (excluding diaryl/α,β-unsaturated/α-hetero) is 1. The van der Waals surface area contributed by atoms with Crippen molar-refractivity contribution >= 4 is 17.5 Å². The molecular weight excluding hydrogens is 264 g/mol. The quantitative estimate of drug-likeness (QED) is 0.782. The first kappa shape index (κ1) is 13.4. The molecule has 2 aromatic rings. The minimum atomic E-state index is 0.108. The van der Waals surface area contributed by atoms with Crippen molar-refractivity contribution in [2.75, 3.05) is 0 Å². The number of rotatable bonds is 3. The lowest BCUT2D eigenvalue weighted by Crippen LogP contribution is -2.17. The van der Waals surface area contributed by atoms with Gasteiger partial charge in [-0.2, -0.15) is 0 Å². The van der Waals surface area contributed by atoms with Crippen LogP contribution in [0.5, 0.6) is 0 Å². The summed E-state index contributed by atoms with van der Waals surface area (Å²) in [7, 11) is 0. The largest absolute Gasteiger partial charge is 0.299 e. The zero-order valence-corrected chi connectivity index (χ0v) is 12.2. The molecule has 1 aliphatic carbocycles. The van der Waals surface area contributed by atoms with Crippen LogP contribution in [0.4, 0.5) is 0 Å². The van der Waals surface area contributed by atoms with Gasteiger partial charge in [0.05, 0.1) is 0 Å². The molecule has 2 aromatic carbocycles. The van der Waals surface area contributed by atoms with E-state index in [1.165, 1.54) is 21.8 Å². The van der Waals surface area contributed by atoms with Gasteiger partial charge < -0.3 is 0 Å². The van der Waals surface area contributed by atoms with Crippen molar-refractivity contribution in [3.63, 3.8) is 0 Å². The summed E-state index contributed by atoms with van der Waals surface area (Å²) in [6, 6.07) is 18.7. The van der Waals surface area contributed by atoms with Gasteiger partial charge in [0.25, 0.3) is 0 Å². The zero-order valence-electron chi connectivity index (χ0n) is 11.4. The molecule has 1 aliphatic rings. The number of carbonyl (C=O) groups excluding carboxylic acids is 1. The minimum Gasteiger partial charge on any atom is -0.299 e. The van der Waals surface area contributed by atoms with Crippen molar-refractivity contribution in [3.8, 4) is 0 Å². The average Bonchev–Trinajstić information content (AvgIpc) is 2.50. The van der Waals surface area contributed by atoms with E-state index < -0.39 is 0 Å². The molecule has 1 unspecified atom stereocenters. The van der Waals surface area contributed by atoms with E-state index in [4.69, 9.17) is 0 Å². The molecule has 0 saturated heterocycles. The first-order valence-corrected chi connectivity index (χ1v) is 8.01. The molecule has 0 spiro atoms. The van der Waals surface area contributed by atoms with Crippen LogP contribution in [0, 0.1) is 0 Å². The van der Waals surface area contributed by atoms with Gasteiger partial charge in [0.2, 0.25) is 0 Å². The average molecular weight is 282 g/mol. The van der Waals surface area contributed by atoms with Gasteiger partial charge in [-0.1, -0.05) is 54.6 Å². The molecule has 20 heavy (non-hydrogen) atoms. The zero-order chi connectivity index (χ0) is 13.8. The Hall–Kier alpha value is -1.54. The number of ketones is 1. The fourth-order valence-electron chi connectivity index (χ4n) is 2.79. The summed E-state index contributed by atoms with van der Waals surface area (Å²) in [5.74, 6) is 0.522. The van der Waals surface area contributed by atoms with Crippen molar-refractivity contribution in [1.29, 1.82) is 0 Å². The van der Waals surface area contributed by atoms with Gasteiger partial charge >= 0.3 is 0 Å². The van der Waals surface area contributed by atoms with Gasteiger partial charge in [0.1, 0.15) is 5.78 Å². The first-order chi connectivity index (χ1) is 9.84. The molecular formula is C18H18OS. The summed E-state index contributed by atoms with van der Waals surface area (Å²) in [5.41, 5.74) is 1.21. The molecule has 1 nitrogen and oxygen atoms in total. The van der Waals surface area contributed by atoms with E-state index in [-0.39, 0.29) is 5.92 Å². The van der Waals surface area contributed by atoms with Crippen molar-refractivity contribution in [2.24, 2.45) is 0 Å². The van der Waals surface area contributed by atoms with E-state index >= 15 is 0 Å². The van der Waals surface area contributed by atoms with Crippen molar-refractivity contribution in [3.05, 3.63) is 60.2 Å². The van der Waals surface area contributed by atoms with Crippen LogP contribution in [-0.4, -0.2) is 5.78 Å². The Morgan fingerprint density at radius 2 is 1.65 bits per heavy atom. The molecule has 1 fully saturated rings. The molecule has 0 N–H and O–H groups in total. The van der Waals surface area contributed by atoms with Gasteiger partial charge in [-0.15, -0.1) is 0 Å². The van der Waals surface area contributed by atoms with Gasteiger partial charge in [0, 0.05) is 22.1 Å². The summed E-state index contributed by atoms with van der Waals surface area (Å²) in [6.07, 6.45) is 3.98. The highest BCUT2D eigenvalue weighted by Gasteiger charge is 2.25. The third-order valence-electron chi connectivity index (χ3n) is 3.82. The summed E-state index contributed by atoms with van der Waals surface area (Å²) >= 11 is 1.76. The maximum Gasteiger partial charge on any atom is 0.140 e. The molecule has 1 atom stereocenters. The van der Waals surface area contributed by atoms with Crippen LogP contribution in [0.3, 0.4) is 0 Å². The van der Waals surface area contributed by atoms with E-state index in [0.29, 0.717) is 5.78 Å². The topological polar surface area (TPSA) is 17.1 Å². The lowest BCUT2D eigenvalue weighted by Gasteiger charge is -2.23. The second-order valence-corrected chi connectivity index (χ2v) is 6.33. The second kappa shape index (κ2) is 6.27. The molecule has 0 heterocycles. The third-order valence-corrected chi connectivity index (χ3v) is 4.92. The number of hydrogen-bond donors (Lipinski definition) is 0. The van der Waals surface area contributed by atoms with E-state index in [9.17, 15) is 4.79 Å². The van der Waals surface area contributed by atoms with Crippen LogP contribution >= 0.6 is 11.8 Å². The van der Waals surface area contributed by atoms with Crippen LogP contribution in [0.25, 0.3) is 0 Å². The highest BCUT2D eigenvalue weighted by Crippen LogP contribution is 2.38. The molecule has 2 heteroatoms. The van der Waals surface area contributed by atoms with E-state index in [1.807, 2.05) is 12.1 Å². The Morgan fingerprint density at radius 3 is 2.45 bits per heavy atom.